The molecule has 142 valence electrons. The van der Waals surface area contributed by atoms with E-state index in [2.05, 4.69) is 20.3 Å². The minimum absolute atomic E-state index is 0. The van der Waals surface area contributed by atoms with Crippen molar-refractivity contribution in [1.82, 2.24) is 15.4 Å². The number of hydrogen-bond donors (Lipinski definition) is 3. The second-order valence-electron chi connectivity index (χ2n) is 6.25. The highest BCUT2D eigenvalue weighted by Crippen LogP contribution is 2.25. The summed E-state index contributed by atoms with van der Waals surface area (Å²) in [5, 5.41) is 6.21. The fourth-order valence-electron chi connectivity index (χ4n) is 2.64. The van der Waals surface area contributed by atoms with E-state index in [0.29, 0.717) is 31.5 Å². The van der Waals surface area contributed by atoms with Crippen molar-refractivity contribution in [3.8, 4) is 0 Å². The van der Waals surface area contributed by atoms with E-state index in [4.69, 9.17) is 4.74 Å². The standard InChI is InChI=1S/C15H30N4O3S.HI/c1-2-16-15(18-12-14-7-4-9-22-14)17-8-10-23(20,21)19-11-13-5-3-6-13;/h13-14,19H,2-12H2,1H3,(H2,16,17,18);1H. The molecule has 0 aromatic heterocycles. The van der Waals surface area contributed by atoms with Crippen molar-refractivity contribution in [2.24, 2.45) is 10.9 Å². The summed E-state index contributed by atoms with van der Waals surface area (Å²) in [4.78, 5) is 4.47. The van der Waals surface area contributed by atoms with Crippen LogP contribution in [0.3, 0.4) is 0 Å². The van der Waals surface area contributed by atoms with Gasteiger partial charge in [-0.3, -0.25) is 4.99 Å². The summed E-state index contributed by atoms with van der Waals surface area (Å²) in [5.74, 6) is 1.24. The Morgan fingerprint density at radius 1 is 1.21 bits per heavy atom. The second kappa shape index (κ2) is 11.5. The average Bonchev–Trinajstić information content (AvgIpc) is 2.96. The van der Waals surface area contributed by atoms with Crippen molar-refractivity contribution in [2.75, 3.05) is 38.5 Å². The zero-order chi connectivity index (χ0) is 16.5. The molecule has 2 fully saturated rings. The van der Waals surface area contributed by atoms with Crippen molar-refractivity contribution in [1.29, 1.82) is 0 Å². The topological polar surface area (TPSA) is 91.8 Å². The Morgan fingerprint density at radius 2 is 2.00 bits per heavy atom. The summed E-state index contributed by atoms with van der Waals surface area (Å²) in [6.07, 6.45) is 5.83. The van der Waals surface area contributed by atoms with Gasteiger partial charge in [0.15, 0.2) is 5.96 Å². The maximum absolute atomic E-state index is 12.0. The van der Waals surface area contributed by atoms with E-state index in [9.17, 15) is 8.42 Å². The molecule has 0 radical (unpaired) electrons. The molecule has 1 unspecified atom stereocenters. The van der Waals surface area contributed by atoms with Gasteiger partial charge in [-0.05, 0) is 38.5 Å². The molecule has 0 aromatic carbocycles. The van der Waals surface area contributed by atoms with Crippen LogP contribution in [0.5, 0.6) is 0 Å². The maximum atomic E-state index is 12.0. The molecule has 2 rings (SSSR count). The summed E-state index contributed by atoms with van der Waals surface area (Å²) in [6.45, 7) is 5.08. The lowest BCUT2D eigenvalue weighted by atomic mass is 9.86. The first-order valence-electron chi connectivity index (χ1n) is 8.70. The molecular weight excluding hydrogens is 443 g/mol. The zero-order valence-electron chi connectivity index (χ0n) is 14.4. The van der Waals surface area contributed by atoms with Gasteiger partial charge >= 0.3 is 0 Å². The van der Waals surface area contributed by atoms with E-state index in [1.807, 2.05) is 6.92 Å². The summed E-state index contributed by atoms with van der Waals surface area (Å²) in [7, 11) is -3.21. The van der Waals surface area contributed by atoms with Crippen LogP contribution < -0.4 is 15.4 Å². The van der Waals surface area contributed by atoms with Crippen LogP contribution in [-0.2, 0) is 14.8 Å². The van der Waals surface area contributed by atoms with Crippen LogP contribution in [-0.4, -0.2) is 59.0 Å². The van der Waals surface area contributed by atoms with Gasteiger partial charge in [0, 0.05) is 26.2 Å². The number of rotatable bonds is 9. The number of nitrogens with zero attached hydrogens (tertiary/aromatic N) is 1. The molecule has 0 amide bonds. The van der Waals surface area contributed by atoms with Gasteiger partial charge in [-0.25, -0.2) is 13.1 Å². The predicted octanol–water partition coefficient (Wildman–Crippen LogP) is 1.06. The maximum Gasteiger partial charge on any atom is 0.213 e. The first kappa shape index (κ1) is 21.9. The van der Waals surface area contributed by atoms with E-state index in [1.165, 1.54) is 6.42 Å². The molecule has 3 N–H and O–H groups in total. The lowest BCUT2D eigenvalue weighted by Gasteiger charge is -2.25. The second-order valence-corrected chi connectivity index (χ2v) is 8.17. The molecule has 1 atom stereocenters. The van der Waals surface area contributed by atoms with Crippen LogP contribution in [0.4, 0.5) is 0 Å². The fourth-order valence-corrected chi connectivity index (χ4v) is 3.65. The molecule has 1 saturated heterocycles. The van der Waals surface area contributed by atoms with E-state index in [1.54, 1.807) is 0 Å². The summed E-state index contributed by atoms with van der Waals surface area (Å²) >= 11 is 0. The molecule has 1 heterocycles. The number of guanidine groups is 1. The predicted molar refractivity (Wildman–Crippen MR) is 108 cm³/mol. The number of aliphatic imine (C=N–C) groups is 1. The third-order valence-electron chi connectivity index (χ3n) is 4.30. The highest BCUT2D eigenvalue weighted by Gasteiger charge is 2.20. The highest BCUT2D eigenvalue weighted by molar-refractivity contribution is 14.0. The first-order chi connectivity index (χ1) is 11.1. The number of ether oxygens (including phenoxy) is 1. The Hall–Kier alpha value is -0.130. The molecule has 7 nitrogen and oxygen atoms in total. The number of sulfonamides is 1. The van der Waals surface area contributed by atoms with E-state index in [-0.39, 0.29) is 35.8 Å². The van der Waals surface area contributed by atoms with Gasteiger partial charge in [-0.2, -0.15) is 0 Å². The van der Waals surface area contributed by atoms with Gasteiger partial charge in [-0.15, -0.1) is 24.0 Å². The minimum atomic E-state index is -3.21. The van der Waals surface area contributed by atoms with Crippen LogP contribution in [0.1, 0.15) is 39.0 Å². The molecule has 2 aliphatic rings. The molecule has 24 heavy (non-hydrogen) atoms. The number of nitrogens with one attached hydrogen (secondary N) is 3. The molecule has 0 spiro atoms. The Bertz CT molecular complexity index is 477. The third kappa shape index (κ3) is 8.30. The SMILES string of the molecule is CCNC(=NCC1CCCO1)NCCS(=O)(=O)NCC1CCC1.I. The van der Waals surface area contributed by atoms with E-state index in [0.717, 1.165) is 38.8 Å². The van der Waals surface area contributed by atoms with Crippen LogP contribution in [0.2, 0.25) is 0 Å². The smallest absolute Gasteiger partial charge is 0.213 e. The van der Waals surface area contributed by atoms with Crippen LogP contribution in [0.15, 0.2) is 4.99 Å². The van der Waals surface area contributed by atoms with Crippen molar-refractivity contribution < 1.29 is 13.2 Å². The normalized spacial score (nSPS) is 21.9. The lowest BCUT2D eigenvalue weighted by molar-refractivity contribution is 0.117. The highest BCUT2D eigenvalue weighted by atomic mass is 127. The largest absolute Gasteiger partial charge is 0.376 e. The van der Waals surface area contributed by atoms with Crippen LogP contribution >= 0.6 is 24.0 Å². The molecule has 0 bridgehead atoms. The van der Waals surface area contributed by atoms with Gasteiger partial charge in [0.2, 0.25) is 10.0 Å². The quantitative estimate of drug-likeness (QED) is 0.264. The van der Waals surface area contributed by atoms with Crippen molar-refractivity contribution >= 4 is 40.0 Å². The Morgan fingerprint density at radius 3 is 2.58 bits per heavy atom. The molecule has 1 saturated carbocycles. The summed E-state index contributed by atoms with van der Waals surface area (Å²) in [6, 6.07) is 0. The van der Waals surface area contributed by atoms with Crippen LogP contribution in [0, 0.1) is 5.92 Å². The van der Waals surface area contributed by atoms with Gasteiger partial charge in [0.25, 0.3) is 0 Å². The average molecular weight is 474 g/mol. The fraction of sp³-hybridized carbons (Fsp3) is 0.933. The molecule has 1 aliphatic carbocycles. The van der Waals surface area contributed by atoms with Crippen molar-refractivity contribution in [3.05, 3.63) is 0 Å². The van der Waals surface area contributed by atoms with Crippen LogP contribution in [0.25, 0.3) is 0 Å². The Balaban J connectivity index is 0.00000288. The third-order valence-corrected chi connectivity index (χ3v) is 5.65. The van der Waals surface area contributed by atoms with Gasteiger partial charge < -0.3 is 15.4 Å². The minimum Gasteiger partial charge on any atom is -0.376 e. The molecular formula is C15H31IN4O3S. The molecule has 0 aromatic rings. The molecule has 1 aliphatic heterocycles. The Kier molecular flexibility index (Phi) is 10.5. The molecule has 9 heteroatoms. The van der Waals surface area contributed by atoms with E-state index >= 15 is 0 Å². The Labute approximate surface area is 162 Å². The summed E-state index contributed by atoms with van der Waals surface area (Å²) < 4.78 is 32.1. The summed E-state index contributed by atoms with van der Waals surface area (Å²) in [5.41, 5.74) is 0. The zero-order valence-corrected chi connectivity index (χ0v) is 17.6. The lowest BCUT2D eigenvalue weighted by Crippen LogP contribution is -2.42. The van der Waals surface area contributed by atoms with Crippen molar-refractivity contribution in [3.63, 3.8) is 0 Å². The number of halogens is 1. The van der Waals surface area contributed by atoms with Gasteiger partial charge in [0.05, 0.1) is 18.4 Å². The van der Waals surface area contributed by atoms with Gasteiger partial charge in [-0.1, -0.05) is 6.42 Å². The van der Waals surface area contributed by atoms with Crippen molar-refractivity contribution in [2.45, 2.75) is 45.1 Å². The monoisotopic (exact) mass is 474 g/mol. The number of hydrogen-bond acceptors (Lipinski definition) is 4. The van der Waals surface area contributed by atoms with E-state index < -0.39 is 10.0 Å². The van der Waals surface area contributed by atoms with Gasteiger partial charge in [0.1, 0.15) is 0 Å². The first-order valence-corrected chi connectivity index (χ1v) is 10.4.